The molecule has 1 atom stereocenters. The normalized spacial score (nSPS) is 11.7. The van der Waals surface area contributed by atoms with Crippen LogP contribution in [0.2, 0.25) is 0 Å². The fourth-order valence-corrected chi connectivity index (χ4v) is 3.50. The number of carbonyl (C=O) groups is 2. The van der Waals surface area contributed by atoms with Crippen LogP contribution in [0.5, 0.6) is 0 Å². The number of thiophene rings is 1. The van der Waals surface area contributed by atoms with Gasteiger partial charge in [-0.05, 0) is 50.6 Å². The van der Waals surface area contributed by atoms with Crippen LogP contribution < -0.4 is 16.0 Å². The SMILES string of the molecule is CNC(=O)c1cccc(NC(=O)N[C@H](C)Cc2ccc(C)s2)c1C. The highest BCUT2D eigenvalue weighted by molar-refractivity contribution is 7.11. The van der Waals surface area contributed by atoms with Crippen LogP contribution in [0, 0.1) is 13.8 Å². The number of anilines is 1. The Kier molecular flexibility index (Phi) is 5.98. The summed E-state index contributed by atoms with van der Waals surface area (Å²) in [5.41, 5.74) is 1.93. The lowest BCUT2D eigenvalue weighted by Gasteiger charge is -2.16. The smallest absolute Gasteiger partial charge is 0.319 e. The van der Waals surface area contributed by atoms with Gasteiger partial charge in [0.1, 0.15) is 0 Å². The van der Waals surface area contributed by atoms with Crippen LogP contribution in [0.4, 0.5) is 10.5 Å². The molecule has 0 aliphatic rings. The van der Waals surface area contributed by atoms with Gasteiger partial charge in [-0.1, -0.05) is 6.07 Å². The summed E-state index contributed by atoms with van der Waals surface area (Å²) in [5, 5.41) is 8.35. The topological polar surface area (TPSA) is 70.2 Å². The lowest BCUT2D eigenvalue weighted by molar-refractivity contribution is 0.0962. The molecule has 1 aromatic carbocycles. The summed E-state index contributed by atoms with van der Waals surface area (Å²) in [7, 11) is 1.59. The second-order valence-corrected chi connectivity index (χ2v) is 7.15. The Balaban J connectivity index is 1.98. The van der Waals surface area contributed by atoms with Crippen LogP contribution in [0.25, 0.3) is 0 Å². The third-order valence-corrected chi connectivity index (χ3v) is 4.76. The number of hydrogen-bond donors (Lipinski definition) is 3. The van der Waals surface area contributed by atoms with Gasteiger partial charge >= 0.3 is 6.03 Å². The quantitative estimate of drug-likeness (QED) is 0.776. The zero-order valence-corrected chi connectivity index (χ0v) is 15.2. The summed E-state index contributed by atoms with van der Waals surface area (Å²) in [6, 6.07) is 9.20. The average Bonchev–Trinajstić information content (AvgIpc) is 2.93. The largest absolute Gasteiger partial charge is 0.355 e. The molecule has 6 heteroatoms. The minimum Gasteiger partial charge on any atom is -0.355 e. The summed E-state index contributed by atoms with van der Waals surface area (Å²) in [6.07, 6.45) is 0.795. The molecule has 0 fully saturated rings. The maximum absolute atomic E-state index is 12.2. The molecular weight excluding hydrogens is 322 g/mol. The van der Waals surface area contributed by atoms with Crippen molar-refractivity contribution >= 4 is 29.0 Å². The lowest BCUT2D eigenvalue weighted by atomic mass is 10.1. The Hall–Kier alpha value is -2.34. The van der Waals surface area contributed by atoms with Gasteiger partial charge in [0, 0.05) is 40.5 Å². The van der Waals surface area contributed by atoms with Gasteiger partial charge in [-0.3, -0.25) is 4.79 Å². The van der Waals surface area contributed by atoms with Gasteiger partial charge in [-0.15, -0.1) is 11.3 Å². The summed E-state index contributed by atoms with van der Waals surface area (Å²) in [6.45, 7) is 5.86. The van der Waals surface area contributed by atoms with Crippen molar-refractivity contribution in [1.82, 2.24) is 10.6 Å². The Bertz CT molecular complexity index is 740. The van der Waals surface area contributed by atoms with E-state index < -0.39 is 0 Å². The van der Waals surface area contributed by atoms with Gasteiger partial charge in [-0.2, -0.15) is 0 Å². The van der Waals surface area contributed by atoms with Crippen molar-refractivity contribution in [1.29, 1.82) is 0 Å². The zero-order chi connectivity index (χ0) is 17.7. The second kappa shape index (κ2) is 7.97. The van der Waals surface area contributed by atoms with Gasteiger partial charge in [-0.25, -0.2) is 4.79 Å². The van der Waals surface area contributed by atoms with E-state index >= 15 is 0 Å². The van der Waals surface area contributed by atoms with E-state index in [1.165, 1.54) is 9.75 Å². The number of urea groups is 1. The molecule has 24 heavy (non-hydrogen) atoms. The van der Waals surface area contributed by atoms with Gasteiger partial charge < -0.3 is 16.0 Å². The van der Waals surface area contributed by atoms with E-state index in [1.54, 1.807) is 36.6 Å². The third-order valence-electron chi connectivity index (χ3n) is 3.73. The molecule has 1 aromatic heterocycles. The molecule has 3 amide bonds. The first-order valence-electron chi connectivity index (χ1n) is 7.85. The highest BCUT2D eigenvalue weighted by atomic mass is 32.1. The van der Waals surface area contributed by atoms with Gasteiger partial charge in [0.15, 0.2) is 0 Å². The predicted octanol–water partition coefficient (Wildman–Crippen LogP) is 3.48. The first-order valence-corrected chi connectivity index (χ1v) is 8.67. The van der Waals surface area contributed by atoms with Crippen LogP contribution in [-0.4, -0.2) is 25.0 Å². The van der Waals surface area contributed by atoms with Crippen molar-refractivity contribution < 1.29 is 9.59 Å². The van der Waals surface area contributed by atoms with E-state index in [0.717, 1.165) is 12.0 Å². The molecule has 2 rings (SSSR count). The van der Waals surface area contributed by atoms with Gasteiger partial charge in [0.05, 0.1) is 0 Å². The van der Waals surface area contributed by atoms with Crippen LogP contribution in [0.1, 0.15) is 32.6 Å². The molecule has 0 bridgehead atoms. The molecule has 2 aromatic rings. The number of amides is 3. The first-order chi connectivity index (χ1) is 11.4. The van der Waals surface area contributed by atoms with Crippen molar-refractivity contribution in [2.45, 2.75) is 33.2 Å². The minimum absolute atomic E-state index is 0.0190. The monoisotopic (exact) mass is 345 g/mol. The second-order valence-electron chi connectivity index (χ2n) is 5.77. The summed E-state index contributed by atoms with van der Waals surface area (Å²) in [4.78, 5) is 26.5. The van der Waals surface area contributed by atoms with Crippen LogP contribution in [-0.2, 0) is 6.42 Å². The van der Waals surface area contributed by atoms with Crippen molar-refractivity contribution in [2.24, 2.45) is 0 Å². The number of nitrogens with one attached hydrogen (secondary N) is 3. The van der Waals surface area contributed by atoms with Crippen molar-refractivity contribution in [3.05, 3.63) is 51.2 Å². The zero-order valence-electron chi connectivity index (χ0n) is 14.4. The molecule has 3 N–H and O–H groups in total. The highest BCUT2D eigenvalue weighted by Crippen LogP contribution is 2.19. The number of benzene rings is 1. The molecule has 1 heterocycles. The van der Waals surface area contributed by atoms with E-state index in [-0.39, 0.29) is 18.0 Å². The van der Waals surface area contributed by atoms with Crippen LogP contribution >= 0.6 is 11.3 Å². The Morgan fingerprint density at radius 1 is 1.17 bits per heavy atom. The highest BCUT2D eigenvalue weighted by Gasteiger charge is 2.13. The maximum atomic E-state index is 12.2. The molecule has 0 unspecified atom stereocenters. The first kappa shape index (κ1) is 18.0. The predicted molar refractivity (Wildman–Crippen MR) is 98.9 cm³/mol. The standard InChI is InChI=1S/C18H23N3O2S/c1-11(10-14-9-8-12(2)24-14)20-18(23)21-16-7-5-6-15(13(16)3)17(22)19-4/h5-9,11H,10H2,1-4H3,(H,19,22)(H2,20,21,23)/t11-/m1/s1. The van der Waals surface area contributed by atoms with Gasteiger partial charge in [0.25, 0.3) is 5.91 Å². The maximum Gasteiger partial charge on any atom is 0.319 e. The number of hydrogen-bond acceptors (Lipinski definition) is 3. The summed E-state index contributed by atoms with van der Waals surface area (Å²) in [5.74, 6) is -0.169. The van der Waals surface area contributed by atoms with Crippen LogP contribution in [0.15, 0.2) is 30.3 Å². The minimum atomic E-state index is -0.270. The molecule has 5 nitrogen and oxygen atoms in total. The molecule has 0 spiro atoms. The fraction of sp³-hybridized carbons (Fsp3) is 0.333. The van der Waals surface area contributed by atoms with Crippen molar-refractivity contribution in [3.8, 4) is 0 Å². The van der Waals surface area contributed by atoms with E-state index in [9.17, 15) is 9.59 Å². The summed E-state index contributed by atoms with van der Waals surface area (Å²) < 4.78 is 0. The lowest BCUT2D eigenvalue weighted by Crippen LogP contribution is -2.37. The van der Waals surface area contributed by atoms with E-state index in [2.05, 4.69) is 35.0 Å². The number of aryl methyl sites for hydroxylation is 1. The number of carbonyl (C=O) groups excluding carboxylic acids is 2. The molecule has 0 aliphatic heterocycles. The molecule has 0 radical (unpaired) electrons. The Morgan fingerprint density at radius 3 is 2.54 bits per heavy atom. The van der Waals surface area contributed by atoms with E-state index in [4.69, 9.17) is 0 Å². The van der Waals surface area contributed by atoms with Crippen molar-refractivity contribution in [3.63, 3.8) is 0 Å². The third kappa shape index (κ3) is 4.58. The average molecular weight is 345 g/mol. The fourth-order valence-electron chi connectivity index (χ4n) is 2.48. The molecular formula is C18H23N3O2S. The molecule has 0 saturated heterocycles. The molecule has 0 aliphatic carbocycles. The Labute approximate surface area is 146 Å². The molecule has 0 saturated carbocycles. The van der Waals surface area contributed by atoms with E-state index in [1.807, 2.05) is 13.8 Å². The van der Waals surface area contributed by atoms with Crippen LogP contribution in [0.3, 0.4) is 0 Å². The number of rotatable bonds is 5. The summed E-state index contributed by atoms with van der Waals surface area (Å²) >= 11 is 1.74. The van der Waals surface area contributed by atoms with Gasteiger partial charge in [0.2, 0.25) is 0 Å². The Morgan fingerprint density at radius 2 is 1.92 bits per heavy atom. The molecule has 128 valence electrons. The van der Waals surface area contributed by atoms with Crippen molar-refractivity contribution in [2.75, 3.05) is 12.4 Å². The van der Waals surface area contributed by atoms with E-state index in [0.29, 0.717) is 11.3 Å².